The molecule has 0 unspecified atom stereocenters. The van der Waals surface area contributed by atoms with Crippen molar-refractivity contribution in [3.8, 4) is 0 Å². The minimum absolute atomic E-state index is 0.0216. The van der Waals surface area contributed by atoms with Crippen molar-refractivity contribution in [2.24, 2.45) is 5.41 Å². The molecule has 14 heavy (non-hydrogen) atoms. The number of ether oxygens (including phenoxy) is 1. The van der Waals surface area contributed by atoms with Gasteiger partial charge in [-0.2, -0.15) is 0 Å². The summed E-state index contributed by atoms with van der Waals surface area (Å²) in [6.45, 7) is 10.6. The Kier molecular flexibility index (Phi) is 4.59. The number of rotatable bonds is 5. The summed E-state index contributed by atoms with van der Waals surface area (Å²) in [5.74, 6) is 0.0216. The molecule has 1 N–H and O–H groups in total. The highest BCUT2D eigenvalue weighted by Gasteiger charge is 2.28. The maximum Gasteiger partial charge on any atom is 0.216 e. The zero-order chi connectivity index (χ0) is 11.4. The van der Waals surface area contributed by atoms with Gasteiger partial charge < -0.3 is 10.1 Å². The fourth-order valence-electron chi connectivity index (χ4n) is 1.65. The van der Waals surface area contributed by atoms with Crippen molar-refractivity contribution in [1.82, 2.24) is 5.32 Å². The van der Waals surface area contributed by atoms with Crippen LogP contribution in [-0.4, -0.2) is 25.2 Å². The lowest BCUT2D eigenvalue weighted by molar-refractivity contribution is -0.119. The van der Waals surface area contributed by atoms with Gasteiger partial charge in [-0.25, -0.2) is 0 Å². The Morgan fingerprint density at radius 3 is 2.14 bits per heavy atom. The molecule has 84 valence electrons. The van der Waals surface area contributed by atoms with Gasteiger partial charge in [-0.3, -0.25) is 4.79 Å². The first-order valence-electron chi connectivity index (χ1n) is 4.98. The Hall–Kier alpha value is -0.570. The van der Waals surface area contributed by atoms with Crippen molar-refractivity contribution in [2.45, 2.75) is 46.6 Å². The van der Waals surface area contributed by atoms with E-state index in [4.69, 9.17) is 4.74 Å². The highest BCUT2D eigenvalue weighted by Crippen LogP contribution is 2.28. The van der Waals surface area contributed by atoms with Gasteiger partial charge in [0.25, 0.3) is 0 Å². The van der Waals surface area contributed by atoms with Gasteiger partial charge >= 0.3 is 0 Å². The maximum atomic E-state index is 10.8. The topological polar surface area (TPSA) is 38.3 Å². The van der Waals surface area contributed by atoms with Crippen LogP contribution >= 0.6 is 0 Å². The fourth-order valence-corrected chi connectivity index (χ4v) is 1.65. The normalized spacial score (nSPS) is 12.7. The summed E-state index contributed by atoms with van der Waals surface area (Å²) in [6.07, 6.45) is 0.913. The van der Waals surface area contributed by atoms with E-state index in [0.29, 0.717) is 6.54 Å². The first-order chi connectivity index (χ1) is 6.18. The van der Waals surface area contributed by atoms with Crippen LogP contribution < -0.4 is 5.32 Å². The molecular formula is C11H23NO2. The van der Waals surface area contributed by atoms with Gasteiger partial charge in [0.2, 0.25) is 5.91 Å². The first kappa shape index (κ1) is 13.4. The third-order valence-corrected chi connectivity index (χ3v) is 2.27. The molecule has 0 spiro atoms. The van der Waals surface area contributed by atoms with Crippen molar-refractivity contribution in [3.63, 3.8) is 0 Å². The lowest BCUT2D eigenvalue weighted by Gasteiger charge is -2.34. The third-order valence-electron chi connectivity index (χ3n) is 2.27. The molecule has 0 atom stereocenters. The summed E-state index contributed by atoms with van der Waals surface area (Å²) in [5, 5.41) is 2.84. The summed E-state index contributed by atoms with van der Waals surface area (Å²) in [4.78, 5) is 10.8. The highest BCUT2D eigenvalue weighted by atomic mass is 16.5. The van der Waals surface area contributed by atoms with Gasteiger partial charge in [0.05, 0.1) is 5.60 Å². The van der Waals surface area contributed by atoms with Crippen molar-refractivity contribution in [2.75, 3.05) is 13.7 Å². The Morgan fingerprint density at radius 1 is 1.29 bits per heavy atom. The van der Waals surface area contributed by atoms with Crippen LogP contribution in [0.2, 0.25) is 0 Å². The molecule has 1 amide bonds. The smallest absolute Gasteiger partial charge is 0.216 e. The van der Waals surface area contributed by atoms with E-state index in [1.165, 1.54) is 6.92 Å². The van der Waals surface area contributed by atoms with E-state index in [-0.39, 0.29) is 16.9 Å². The fraction of sp³-hybridized carbons (Fsp3) is 0.909. The monoisotopic (exact) mass is 201 g/mol. The molecule has 0 saturated carbocycles. The van der Waals surface area contributed by atoms with Gasteiger partial charge in [-0.1, -0.05) is 13.8 Å². The number of carbonyl (C=O) groups is 1. The summed E-state index contributed by atoms with van der Waals surface area (Å²) < 4.78 is 5.37. The van der Waals surface area contributed by atoms with E-state index in [9.17, 15) is 4.79 Å². The molecular weight excluding hydrogens is 178 g/mol. The molecule has 3 heteroatoms. The Labute approximate surface area is 87.2 Å². The Bertz CT molecular complexity index is 197. The van der Waals surface area contributed by atoms with Crippen LogP contribution in [0, 0.1) is 5.41 Å². The third kappa shape index (κ3) is 5.97. The molecule has 0 aliphatic rings. The van der Waals surface area contributed by atoms with Crippen LogP contribution in [0.4, 0.5) is 0 Å². The summed E-state index contributed by atoms with van der Waals surface area (Å²) in [6, 6.07) is 0. The average molecular weight is 201 g/mol. The van der Waals surface area contributed by atoms with E-state index >= 15 is 0 Å². The molecule has 0 aromatic carbocycles. The molecule has 3 nitrogen and oxygen atoms in total. The Balaban J connectivity index is 4.12. The van der Waals surface area contributed by atoms with Crippen molar-refractivity contribution in [3.05, 3.63) is 0 Å². The zero-order valence-corrected chi connectivity index (χ0v) is 10.2. The number of hydrogen-bond donors (Lipinski definition) is 1. The molecule has 0 aromatic heterocycles. The number of amides is 1. The second-order valence-corrected chi connectivity index (χ2v) is 5.21. The van der Waals surface area contributed by atoms with Crippen LogP contribution in [0.5, 0.6) is 0 Å². The van der Waals surface area contributed by atoms with Gasteiger partial charge in [-0.05, 0) is 25.7 Å². The first-order valence-corrected chi connectivity index (χ1v) is 4.98. The number of hydrogen-bond acceptors (Lipinski definition) is 2. The SMILES string of the molecule is COC(C)(C)CC(C)(C)CNC(C)=O. The molecule has 0 aliphatic carbocycles. The van der Waals surface area contributed by atoms with Crippen molar-refractivity contribution < 1.29 is 9.53 Å². The van der Waals surface area contributed by atoms with Crippen LogP contribution in [0.3, 0.4) is 0 Å². The predicted molar refractivity (Wildman–Crippen MR) is 58.2 cm³/mol. The van der Waals surface area contributed by atoms with Gasteiger partial charge in [-0.15, -0.1) is 0 Å². The predicted octanol–water partition coefficient (Wildman–Crippen LogP) is 1.96. The van der Waals surface area contributed by atoms with E-state index in [1.807, 2.05) is 0 Å². The molecule has 0 aromatic rings. The van der Waals surface area contributed by atoms with Crippen LogP contribution in [0.25, 0.3) is 0 Å². The largest absolute Gasteiger partial charge is 0.379 e. The van der Waals surface area contributed by atoms with Crippen LogP contribution in [0.1, 0.15) is 41.0 Å². The zero-order valence-electron chi connectivity index (χ0n) is 10.2. The number of methoxy groups -OCH3 is 1. The number of carbonyl (C=O) groups excluding carboxylic acids is 1. The molecule has 0 saturated heterocycles. The lowest BCUT2D eigenvalue weighted by atomic mass is 9.81. The van der Waals surface area contributed by atoms with Gasteiger partial charge in [0.1, 0.15) is 0 Å². The summed E-state index contributed by atoms with van der Waals surface area (Å²) >= 11 is 0. The molecule has 0 fully saturated rings. The minimum atomic E-state index is -0.137. The molecule has 0 heterocycles. The minimum Gasteiger partial charge on any atom is -0.379 e. The Morgan fingerprint density at radius 2 is 1.79 bits per heavy atom. The maximum absolute atomic E-state index is 10.8. The van der Waals surface area contributed by atoms with Gasteiger partial charge in [0, 0.05) is 20.6 Å². The molecule has 0 bridgehead atoms. The van der Waals surface area contributed by atoms with E-state index < -0.39 is 0 Å². The second-order valence-electron chi connectivity index (χ2n) is 5.21. The second kappa shape index (κ2) is 4.78. The highest BCUT2D eigenvalue weighted by molar-refractivity contribution is 5.72. The van der Waals surface area contributed by atoms with E-state index in [1.54, 1.807) is 7.11 Å². The van der Waals surface area contributed by atoms with Crippen LogP contribution in [0.15, 0.2) is 0 Å². The van der Waals surface area contributed by atoms with Gasteiger partial charge in [0.15, 0.2) is 0 Å². The van der Waals surface area contributed by atoms with Crippen LogP contribution in [-0.2, 0) is 9.53 Å². The van der Waals surface area contributed by atoms with Crippen molar-refractivity contribution in [1.29, 1.82) is 0 Å². The van der Waals surface area contributed by atoms with E-state index in [0.717, 1.165) is 6.42 Å². The molecule has 0 radical (unpaired) electrons. The average Bonchev–Trinajstić information content (AvgIpc) is 1.99. The van der Waals surface area contributed by atoms with Crippen molar-refractivity contribution >= 4 is 5.91 Å². The molecule has 0 aliphatic heterocycles. The number of nitrogens with one attached hydrogen (secondary N) is 1. The van der Waals surface area contributed by atoms with E-state index in [2.05, 4.69) is 33.0 Å². The lowest BCUT2D eigenvalue weighted by Crippen LogP contribution is -2.38. The summed E-state index contributed by atoms with van der Waals surface area (Å²) in [5.41, 5.74) is -0.0762. The standard InChI is InChI=1S/C11H23NO2/c1-9(13)12-8-10(2,3)7-11(4,5)14-6/h7-8H2,1-6H3,(H,12,13). The molecule has 0 rings (SSSR count). The quantitative estimate of drug-likeness (QED) is 0.738. The summed E-state index contributed by atoms with van der Waals surface area (Å²) in [7, 11) is 1.72.